The molecule has 1 aromatic carbocycles. The van der Waals surface area contributed by atoms with Gasteiger partial charge in [0.05, 0.1) is 6.10 Å². The SMILES string of the molecule is CC(C)OCCCNC[C@H](C)c1ccccc1. The summed E-state index contributed by atoms with van der Waals surface area (Å²) in [5.41, 5.74) is 1.40. The highest BCUT2D eigenvalue weighted by Crippen LogP contribution is 2.12. The van der Waals surface area contributed by atoms with Crippen molar-refractivity contribution >= 4 is 0 Å². The zero-order valence-corrected chi connectivity index (χ0v) is 11.3. The van der Waals surface area contributed by atoms with Crippen LogP contribution in [-0.2, 0) is 4.74 Å². The smallest absolute Gasteiger partial charge is 0.0518 e. The molecule has 0 radical (unpaired) electrons. The maximum absolute atomic E-state index is 5.49. The van der Waals surface area contributed by atoms with E-state index < -0.39 is 0 Å². The first-order valence-corrected chi connectivity index (χ1v) is 6.57. The van der Waals surface area contributed by atoms with E-state index in [1.807, 2.05) is 0 Å². The Hall–Kier alpha value is -0.860. The first kappa shape index (κ1) is 14.2. The Labute approximate surface area is 105 Å². The van der Waals surface area contributed by atoms with Crippen LogP contribution in [0.15, 0.2) is 30.3 Å². The number of benzene rings is 1. The maximum Gasteiger partial charge on any atom is 0.0518 e. The van der Waals surface area contributed by atoms with Crippen LogP contribution in [0.3, 0.4) is 0 Å². The van der Waals surface area contributed by atoms with Gasteiger partial charge in [-0.1, -0.05) is 37.3 Å². The molecule has 0 aliphatic heterocycles. The molecule has 96 valence electrons. The van der Waals surface area contributed by atoms with Crippen LogP contribution in [0.1, 0.15) is 38.7 Å². The van der Waals surface area contributed by atoms with Gasteiger partial charge in [-0.15, -0.1) is 0 Å². The van der Waals surface area contributed by atoms with Gasteiger partial charge in [-0.2, -0.15) is 0 Å². The third-order valence-electron chi connectivity index (χ3n) is 2.77. The summed E-state index contributed by atoms with van der Waals surface area (Å²) in [5.74, 6) is 0.571. The van der Waals surface area contributed by atoms with Gasteiger partial charge in [-0.25, -0.2) is 0 Å². The lowest BCUT2D eigenvalue weighted by Gasteiger charge is -2.13. The molecule has 1 rings (SSSR count). The van der Waals surface area contributed by atoms with Crippen molar-refractivity contribution in [2.75, 3.05) is 19.7 Å². The van der Waals surface area contributed by atoms with Gasteiger partial charge in [0, 0.05) is 13.2 Å². The predicted molar refractivity (Wildman–Crippen MR) is 73.4 cm³/mol. The quantitative estimate of drug-likeness (QED) is 0.699. The minimum atomic E-state index is 0.346. The zero-order valence-electron chi connectivity index (χ0n) is 11.3. The minimum Gasteiger partial charge on any atom is -0.379 e. The Bertz CT molecular complexity index is 284. The average Bonchev–Trinajstić information content (AvgIpc) is 2.34. The van der Waals surface area contributed by atoms with Crippen molar-refractivity contribution in [2.24, 2.45) is 0 Å². The summed E-state index contributed by atoms with van der Waals surface area (Å²) < 4.78 is 5.49. The summed E-state index contributed by atoms with van der Waals surface area (Å²) in [6, 6.07) is 10.6. The van der Waals surface area contributed by atoms with E-state index in [2.05, 4.69) is 56.4 Å². The number of nitrogens with one attached hydrogen (secondary N) is 1. The van der Waals surface area contributed by atoms with E-state index in [1.165, 1.54) is 5.56 Å². The van der Waals surface area contributed by atoms with Crippen molar-refractivity contribution in [3.05, 3.63) is 35.9 Å². The number of hydrogen-bond donors (Lipinski definition) is 1. The van der Waals surface area contributed by atoms with Gasteiger partial charge in [-0.05, 0) is 38.3 Å². The second kappa shape index (κ2) is 8.26. The van der Waals surface area contributed by atoms with Crippen LogP contribution < -0.4 is 5.32 Å². The Morgan fingerprint density at radius 3 is 2.47 bits per heavy atom. The molecule has 1 N–H and O–H groups in total. The molecule has 0 amide bonds. The minimum absolute atomic E-state index is 0.346. The fraction of sp³-hybridized carbons (Fsp3) is 0.600. The topological polar surface area (TPSA) is 21.3 Å². The van der Waals surface area contributed by atoms with Crippen LogP contribution in [-0.4, -0.2) is 25.8 Å². The highest BCUT2D eigenvalue weighted by Gasteiger charge is 2.03. The van der Waals surface area contributed by atoms with Crippen LogP contribution in [0, 0.1) is 0 Å². The third-order valence-corrected chi connectivity index (χ3v) is 2.77. The van der Waals surface area contributed by atoms with Crippen molar-refractivity contribution in [1.29, 1.82) is 0 Å². The van der Waals surface area contributed by atoms with E-state index in [-0.39, 0.29) is 0 Å². The Morgan fingerprint density at radius 2 is 1.82 bits per heavy atom. The molecular formula is C15H25NO. The van der Waals surface area contributed by atoms with Gasteiger partial charge in [-0.3, -0.25) is 0 Å². The summed E-state index contributed by atoms with van der Waals surface area (Å²) >= 11 is 0. The summed E-state index contributed by atoms with van der Waals surface area (Å²) in [7, 11) is 0. The number of ether oxygens (including phenoxy) is 1. The lowest BCUT2D eigenvalue weighted by molar-refractivity contribution is 0.0771. The standard InChI is InChI=1S/C15H25NO/c1-13(2)17-11-7-10-16-12-14(3)15-8-5-4-6-9-15/h4-6,8-9,13-14,16H,7,10-12H2,1-3H3/t14-/m0/s1. The van der Waals surface area contributed by atoms with E-state index in [0.717, 1.165) is 26.1 Å². The second-order valence-corrected chi connectivity index (χ2v) is 4.79. The van der Waals surface area contributed by atoms with Gasteiger partial charge in [0.2, 0.25) is 0 Å². The molecule has 0 saturated heterocycles. The van der Waals surface area contributed by atoms with Crippen LogP contribution >= 0.6 is 0 Å². The van der Waals surface area contributed by atoms with Gasteiger partial charge in [0.15, 0.2) is 0 Å². The largest absolute Gasteiger partial charge is 0.379 e. The summed E-state index contributed by atoms with van der Waals surface area (Å²) in [5, 5.41) is 3.48. The van der Waals surface area contributed by atoms with Gasteiger partial charge in [0.1, 0.15) is 0 Å². The van der Waals surface area contributed by atoms with Crippen LogP contribution in [0.5, 0.6) is 0 Å². The monoisotopic (exact) mass is 235 g/mol. The lowest BCUT2D eigenvalue weighted by atomic mass is 10.0. The van der Waals surface area contributed by atoms with Gasteiger partial charge < -0.3 is 10.1 Å². The van der Waals surface area contributed by atoms with Crippen molar-refractivity contribution in [2.45, 2.75) is 39.2 Å². The number of hydrogen-bond acceptors (Lipinski definition) is 2. The van der Waals surface area contributed by atoms with Crippen molar-refractivity contribution < 1.29 is 4.74 Å². The molecule has 0 heterocycles. The molecule has 17 heavy (non-hydrogen) atoms. The fourth-order valence-electron chi connectivity index (χ4n) is 1.73. The molecule has 2 heteroatoms. The maximum atomic E-state index is 5.49. The van der Waals surface area contributed by atoms with Crippen molar-refractivity contribution in [1.82, 2.24) is 5.32 Å². The van der Waals surface area contributed by atoms with E-state index >= 15 is 0 Å². The lowest BCUT2D eigenvalue weighted by Crippen LogP contribution is -2.22. The Balaban J connectivity index is 2.07. The molecule has 1 atom stereocenters. The third kappa shape index (κ3) is 6.44. The number of rotatable bonds is 8. The summed E-state index contributed by atoms with van der Waals surface area (Å²) in [6.07, 6.45) is 1.43. The first-order chi connectivity index (χ1) is 8.20. The molecule has 2 nitrogen and oxygen atoms in total. The van der Waals surface area contributed by atoms with Crippen LogP contribution in [0.25, 0.3) is 0 Å². The molecule has 0 aliphatic carbocycles. The molecule has 0 bridgehead atoms. The average molecular weight is 235 g/mol. The zero-order chi connectivity index (χ0) is 12.5. The van der Waals surface area contributed by atoms with Crippen LogP contribution in [0.4, 0.5) is 0 Å². The molecular weight excluding hydrogens is 210 g/mol. The van der Waals surface area contributed by atoms with Gasteiger partial charge >= 0.3 is 0 Å². The van der Waals surface area contributed by atoms with Crippen molar-refractivity contribution in [3.8, 4) is 0 Å². The normalized spacial score (nSPS) is 12.9. The molecule has 0 saturated carbocycles. The highest BCUT2D eigenvalue weighted by atomic mass is 16.5. The van der Waals surface area contributed by atoms with E-state index in [0.29, 0.717) is 12.0 Å². The first-order valence-electron chi connectivity index (χ1n) is 6.57. The van der Waals surface area contributed by atoms with Gasteiger partial charge in [0.25, 0.3) is 0 Å². The van der Waals surface area contributed by atoms with E-state index in [1.54, 1.807) is 0 Å². The molecule has 0 unspecified atom stereocenters. The Kier molecular flexibility index (Phi) is 6.90. The predicted octanol–water partition coefficient (Wildman–Crippen LogP) is 3.19. The summed E-state index contributed by atoms with van der Waals surface area (Å²) in [4.78, 5) is 0. The summed E-state index contributed by atoms with van der Waals surface area (Å²) in [6.45, 7) is 9.32. The van der Waals surface area contributed by atoms with E-state index in [4.69, 9.17) is 4.74 Å². The molecule has 0 aromatic heterocycles. The molecule has 1 aromatic rings. The Morgan fingerprint density at radius 1 is 1.12 bits per heavy atom. The van der Waals surface area contributed by atoms with Crippen molar-refractivity contribution in [3.63, 3.8) is 0 Å². The molecule has 0 fully saturated rings. The molecule has 0 aliphatic rings. The van der Waals surface area contributed by atoms with Crippen LogP contribution in [0.2, 0.25) is 0 Å². The highest BCUT2D eigenvalue weighted by molar-refractivity contribution is 5.18. The fourth-order valence-corrected chi connectivity index (χ4v) is 1.73. The second-order valence-electron chi connectivity index (χ2n) is 4.79. The van der Waals surface area contributed by atoms with E-state index in [9.17, 15) is 0 Å². The molecule has 0 spiro atoms.